The molecule has 1 fully saturated rings. The molecular weight excluding hydrogens is 210 g/mol. The van der Waals surface area contributed by atoms with Gasteiger partial charge in [-0.15, -0.1) is 0 Å². The Labute approximate surface area is 104 Å². The van der Waals surface area contributed by atoms with Crippen molar-refractivity contribution in [2.24, 2.45) is 5.92 Å². The van der Waals surface area contributed by atoms with E-state index in [2.05, 4.69) is 18.3 Å². The van der Waals surface area contributed by atoms with Crippen molar-refractivity contribution >= 4 is 0 Å². The Kier molecular flexibility index (Phi) is 4.43. The zero-order chi connectivity index (χ0) is 12.1. The highest BCUT2D eigenvalue weighted by atomic mass is 16.3. The monoisotopic (exact) mass is 233 g/mol. The Bertz CT molecular complexity index is 351. The number of phenols is 1. The molecule has 17 heavy (non-hydrogen) atoms. The first-order valence-corrected chi connectivity index (χ1v) is 6.81. The van der Waals surface area contributed by atoms with Gasteiger partial charge in [0.15, 0.2) is 0 Å². The van der Waals surface area contributed by atoms with E-state index in [1.807, 2.05) is 12.1 Å². The van der Waals surface area contributed by atoms with Crippen LogP contribution in [-0.4, -0.2) is 11.1 Å². The van der Waals surface area contributed by atoms with Crippen molar-refractivity contribution in [3.05, 3.63) is 29.8 Å². The van der Waals surface area contributed by atoms with E-state index in [0.717, 1.165) is 12.5 Å². The van der Waals surface area contributed by atoms with Gasteiger partial charge in [-0.25, -0.2) is 0 Å². The summed E-state index contributed by atoms with van der Waals surface area (Å²) in [5.41, 5.74) is 1.17. The van der Waals surface area contributed by atoms with Crippen LogP contribution in [0.15, 0.2) is 24.3 Å². The van der Waals surface area contributed by atoms with Crippen molar-refractivity contribution in [1.82, 2.24) is 5.32 Å². The second-order valence-corrected chi connectivity index (χ2v) is 5.11. The first-order valence-electron chi connectivity index (χ1n) is 6.81. The molecule has 0 radical (unpaired) electrons. The zero-order valence-corrected chi connectivity index (χ0v) is 10.7. The molecule has 0 amide bonds. The standard InChI is InChI=1S/C15H23NO/c1-2-13-7-3-4-9-15(13)16-11-12-6-5-8-14(17)10-12/h5-6,8,10,13,15-17H,2-4,7,9,11H2,1H3. The van der Waals surface area contributed by atoms with Gasteiger partial charge in [0.1, 0.15) is 5.75 Å². The lowest BCUT2D eigenvalue weighted by atomic mass is 9.83. The van der Waals surface area contributed by atoms with Crippen molar-refractivity contribution in [2.75, 3.05) is 0 Å². The van der Waals surface area contributed by atoms with Crippen LogP contribution in [0, 0.1) is 5.92 Å². The van der Waals surface area contributed by atoms with Crippen LogP contribution in [0.3, 0.4) is 0 Å². The fourth-order valence-corrected chi connectivity index (χ4v) is 2.88. The average Bonchev–Trinajstić information content (AvgIpc) is 2.37. The number of nitrogens with one attached hydrogen (secondary N) is 1. The van der Waals surface area contributed by atoms with Gasteiger partial charge in [0.2, 0.25) is 0 Å². The fourth-order valence-electron chi connectivity index (χ4n) is 2.88. The largest absolute Gasteiger partial charge is 0.508 e. The summed E-state index contributed by atoms with van der Waals surface area (Å²) in [5, 5.41) is 13.1. The van der Waals surface area contributed by atoms with E-state index >= 15 is 0 Å². The highest BCUT2D eigenvalue weighted by molar-refractivity contribution is 5.26. The van der Waals surface area contributed by atoms with E-state index < -0.39 is 0 Å². The van der Waals surface area contributed by atoms with E-state index in [-0.39, 0.29) is 0 Å². The maximum Gasteiger partial charge on any atom is 0.115 e. The van der Waals surface area contributed by atoms with E-state index in [1.165, 1.54) is 37.7 Å². The number of hydrogen-bond acceptors (Lipinski definition) is 2. The molecular formula is C15H23NO. The maximum absolute atomic E-state index is 9.42. The molecule has 1 aliphatic rings. The van der Waals surface area contributed by atoms with Gasteiger partial charge >= 0.3 is 0 Å². The average molecular weight is 233 g/mol. The minimum Gasteiger partial charge on any atom is -0.508 e. The number of hydrogen-bond donors (Lipinski definition) is 2. The van der Waals surface area contributed by atoms with E-state index in [1.54, 1.807) is 6.07 Å². The summed E-state index contributed by atoms with van der Waals surface area (Å²) in [4.78, 5) is 0. The second-order valence-electron chi connectivity index (χ2n) is 5.11. The molecule has 0 aliphatic heterocycles. The summed E-state index contributed by atoms with van der Waals surface area (Å²) in [6.45, 7) is 3.16. The van der Waals surface area contributed by atoms with Gasteiger partial charge in [0.25, 0.3) is 0 Å². The highest BCUT2D eigenvalue weighted by Gasteiger charge is 2.22. The minimum absolute atomic E-state index is 0.361. The summed E-state index contributed by atoms with van der Waals surface area (Å²) in [7, 11) is 0. The predicted octanol–water partition coefficient (Wildman–Crippen LogP) is 3.45. The second kappa shape index (κ2) is 6.06. The van der Waals surface area contributed by atoms with Crippen LogP contribution in [0.4, 0.5) is 0 Å². The van der Waals surface area contributed by atoms with Gasteiger partial charge in [-0.3, -0.25) is 0 Å². The molecule has 2 atom stereocenters. The molecule has 94 valence electrons. The molecule has 0 aromatic heterocycles. The lowest BCUT2D eigenvalue weighted by molar-refractivity contribution is 0.254. The van der Waals surface area contributed by atoms with Crippen LogP contribution < -0.4 is 5.32 Å². The van der Waals surface area contributed by atoms with Gasteiger partial charge in [-0.05, 0) is 36.5 Å². The molecule has 1 saturated carbocycles. The van der Waals surface area contributed by atoms with Crippen LogP contribution in [-0.2, 0) is 6.54 Å². The fraction of sp³-hybridized carbons (Fsp3) is 0.600. The van der Waals surface area contributed by atoms with Gasteiger partial charge < -0.3 is 10.4 Å². The third-order valence-electron chi connectivity index (χ3n) is 3.91. The molecule has 1 aromatic rings. The first kappa shape index (κ1) is 12.4. The third kappa shape index (κ3) is 3.47. The van der Waals surface area contributed by atoms with Crippen molar-refractivity contribution in [1.29, 1.82) is 0 Å². The third-order valence-corrected chi connectivity index (χ3v) is 3.91. The smallest absolute Gasteiger partial charge is 0.115 e. The summed E-state index contributed by atoms with van der Waals surface area (Å²) in [6, 6.07) is 8.20. The summed E-state index contributed by atoms with van der Waals surface area (Å²) in [6.07, 6.45) is 6.69. The summed E-state index contributed by atoms with van der Waals surface area (Å²) in [5.74, 6) is 1.20. The van der Waals surface area contributed by atoms with E-state index in [0.29, 0.717) is 11.8 Å². The van der Waals surface area contributed by atoms with Crippen LogP contribution in [0.5, 0.6) is 5.75 Å². The van der Waals surface area contributed by atoms with Crippen molar-refractivity contribution in [3.63, 3.8) is 0 Å². The quantitative estimate of drug-likeness (QED) is 0.835. The number of phenolic OH excluding ortho intramolecular Hbond substituents is 1. The molecule has 1 aliphatic carbocycles. The molecule has 0 bridgehead atoms. The summed E-state index contributed by atoms with van der Waals surface area (Å²) < 4.78 is 0. The number of benzene rings is 1. The molecule has 2 unspecified atom stereocenters. The minimum atomic E-state index is 0.361. The zero-order valence-electron chi connectivity index (χ0n) is 10.7. The molecule has 2 heteroatoms. The lowest BCUT2D eigenvalue weighted by Crippen LogP contribution is -2.37. The number of aromatic hydroxyl groups is 1. The Morgan fingerprint density at radius 2 is 2.12 bits per heavy atom. The van der Waals surface area contributed by atoms with Gasteiger partial charge in [-0.2, -0.15) is 0 Å². The molecule has 0 heterocycles. The van der Waals surface area contributed by atoms with Crippen LogP contribution in [0.25, 0.3) is 0 Å². The first-order chi connectivity index (χ1) is 8.29. The molecule has 0 saturated heterocycles. The highest BCUT2D eigenvalue weighted by Crippen LogP contribution is 2.27. The SMILES string of the molecule is CCC1CCCCC1NCc1cccc(O)c1. The topological polar surface area (TPSA) is 32.3 Å². The van der Waals surface area contributed by atoms with Gasteiger partial charge in [0.05, 0.1) is 0 Å². The van der Waals surface area contributed by atoms with E-state index in [4.69, 9.17) is 0 Å². The van der Waals surface area contributed by atoms with Crippen LogP contribution >= 0.6 is 0 Å². The van der Waals surface area contributed by atoms with Crippen molar-refractivity contribution < 1.29 is 5.11 Å². The predicted molar refractivity (Wildman–Crippen MR) is 71.0 cm³/mol. The molecule has 1 aromatic carbocycles. The maximum atomic E-state index is 9.42. The summed E-state index contributed by atoms with van der Waals surface area (Å²) >= 11 is 0. The lowest BCUT2D eigenvalue weighted by Gasteiger charge is -2.31. The Morgan fingerprint density at radius 3 is 2.88 bits per heavy atom. The van der Waals surface area contributed by atoms with Crippen molar-refractivity contribution in [3.8, 4) is 5.75 Å². The van der Waals surface area contributed by atoms with Crippen LogP contribution in [0.2, 0.25) is 0 Å². The molecule has 2 rings (SSSR count). The molecule has 2 N–H and O–H groups in total. The Hall–Kier alpha value is -1.02. The molecule has 0 spiro atoms. The normalized spacial score (nSPS) is 24.8. The van der Waals surface area contributed by atoms with Gasteiger partial charge in [0, 0.05) is 12.6 Å². The van der Waals surface area contributed by atoms with Gasteiger partial charge in [-0.1, -0.05) is 38.3 Å². The van der Waals surface area contributed by atoms with E-state index in [9.17, 15) is 5.11 Å². The number of rotatable bonds is 4. The van der Waals surface area contributed by atoms with Crippen molar-refractivity contribution in [2.45, 2.75) is 51.6 Å². The Morgan fingerprint density at radius 1 is 1.29 bits per heavy atom. The van der Waals surface area contributed by atoms with Crippen LogP contribution in [0.1, 0.15) is 44.6 Å². The molecule has 2 nitrogen and oxygen atoms in total. The Balaban J connectivity index is 1.88.